The molecular weight excluding hydrogens is 309 g/mol. The molecule has 6 heteroatoms. The van der Waals surface area contributed by atoms with Crippen molar-refractivity contribution < 1.29 is 9.53 Å². The van der Waals surface area contributed by atoms with E-state index in [0.717, 1.165) is 0 Å². The van der Waals surface area contributed by atoms with E-state index in [1.807, 2.05) is 0 Å². The van der Waals surface area contributed by atoms with E-state index in [4.69, 9.17) is 39.5 Å². The Labute approximate surface area is 127 Å². The summed E-state index contributed by atoms with van der Waals surface area (Å²) in [5, 5.41) is 3.82. The molecule has 0 saturated carbocycles. The maximum atomic E-state index is 12.3. The van der Waals surface area contributed by atoms with E-state index in [1.165, 1.54) is 0 Å². The SMILES string of the molecule is O=C(NC1(CCl)CCOCC1)c1cc(Cl)ccc1Cl. The van der Waals surface area contributed by atoms with Gasteiger partial charge in [0.2, 0.25) is 0 Å². The number of nitrogens with one attached hydrogen (secondary N) is 1. The minimum atomic E-state index is -0.428. The second-order valence-corrected chi connectivity index (χ2v) is 5.72. The lowest BCUT2D eigenvalue weighted by molar-refractivity contribution is 0.0434. The van der Waals surface area contributed by atoms with Crippen LogP contribution in [0.2, 0.25) is 10.0 Å². The van der Waals surface area contributed by atoms with Crippen LogP contribution in [0.15, 0.2) is 18.2 Å². The Bertz CT molecular complexity index is 473. The molecule has 1 aliphatic rings. The summed E-state index contributed by atoms with van der Waals surface area (Å²) >= 11 is 17.9. The number of halogens is 3. The van der Waals surface area contributed by atoms with Crippen LogP contribution >= 0.6 is 34.8 Å². The van der Waals surface area contributed by atoms with Crippen molar-refractivity contribution in [1.29, 1.82) is 0 Å². The molecule has 1 N–H and O–H groups in total. The monoisotopic (exact) mass is 321 g/mol. The number of carbonyl (C=O) groups is 1. The predicted octanol–water partition coefficient (Wildman–Crippen LogP) is 3.51. The predicted molar refractivity (Wildman–Crippen MR) is 77.4 cm³/mol. The number of amides is 1. The molecule has 3 nitrogen and oxygen atoms in total. The molecule has 1 amide bonds. The van der Waals surface area contributed by atoms with E-state index in [1.54, 1.807) is 18.2 Å². The number of ether oxygens (including phenoxy) is 1. The first-order chi connectivity index (χ1) is 9.06. The fourth-order valence-corrected chi connectivity index (χ4v) is 2.74. The number of hydrogen-bond donors (Lipinski definition) is 1. The van der Waals surface area contributed by atoms with Crippen molar-refractivity contribution in [3.8, 4) is 0 Å². The highest BCUT2D eigenvalue weighted by Crippen LogP contribution is 2.25. The lowest BCUT2D eigenvalue weighted by Gasteiger charge is -2.36. The van der Waals surface area contributed by atoms with Gasteiger partial charge in [-0.2, -0.15) is 0 Å². The van der Waals surface area contributed by atoms with Crippen molar-refractivity contribution in [3.05, 3.63) is 33.8 Å². The second kappa shape index (κ2) is 6.31. The summed E-state index contributed by atoms with van der Waals surface area (Å²) in [6.07, 6.45) is 1.39. The Hall–Kier alpha value is -0.480. The summed E-state index contributed by atoms with van der Waals surface area (Å²) in [4.78, 5) is 12.3. The molecule has 2 rings (SSSR count). The van der Waals surface area contributed by atoms with Gasteiger partial charge in [-0.15, -0.1) is 11.6 Å². The zero-order valence-electron chi connectivity index (χ0n) is 10.2. The fraction of sp³-hybridized carbons (Fsp3) is 0.462. The molecule has 0 aliphatic carbocycles. The van der Waals surface area contributed by atoms with Crippen LogP contribution in [-0.4, -0.2) is 30.5 Å². The average molecular weight is 323 g/mol. The van der Waals surface area contributed by atoms with E-state index >= 15 is 0 Å². The van der Waals surface area contributed by atoms with Crippen LogP contribution in [0.1, 0.15) is 23.2 Å². The quantitative estimate of drug-likeness (QED) is 0.865. The summed E-state index contributed by atoms with van der Waals surface area (Å²) in [7, 11) is 0. The molecule has 1 aliphatic heterocycles. The molecule has 0 spiro atoms. The maximum Gasteiger partial charge on any atom is 0.253 e. The molecule has 0 bridgehead atoms. The van der Waals surface area contributed by atoms with Gasteiger partial charge in [0.15, 0.2) is 0 Å². The van der Waals surface area contributed by atoms with Crippen molar-refractivity contribution in [2.24, 2.45) is 0 Å². The molecule has 1 fully saturated rings. The average Bonchev–Trinajstić information content (AvgIpc) is 2.42. The molecule has 0 atom stereocenters. The van der Waals surface area contributed by atoms with Crippen LogP contribution in [0.5, 0.6) is 0 Å². The molecule has 1 aromatic carbocycles. The summed E-state index contributed by atoms with van der Waals surface area (Å²) in [6, 6.07) is 4.81. The third kappa shape index (κ3) is 3.54. The lowest BCUT2D eigenvalue weighted by atomic mass is 9.92. The van der Waals surface area contributed by atoms with Gasteiger partial charge in [0, 0.05) is 24.1 Å². The van der Waals surface area contributed by atoms with Crippen molar-refractivity contribution >= 4 is 40.7 Å². The third-order valence-corrected chi connectivity index (χ3v) is 4.33. The van der Waals surface area contributed by atoms with E-state index < -0.39 is 5.54 Å². The van der Waals surface area contributed by atoms with Gasteiger partial charge in [0.1, 0.15) is 0 Å². The van der Waals surface area contributed by atoms with Crippen LogP contribution < -0.4 is 5.32 Å². The highest BCUT2D eigenvalue weighted by molar-refractivity contribution is 6.35. The van der Waals surface area contributed by atoms with Gasteiger partial charge in [-0.3, -0.25) is 4.79 Å². The first-order valence-electron chi connectivity index (χ1n) is 5.98. The highest BCUT2D eigenvalue weighted by atomic mass is 35.5. The van der Waals surface area contributed by atoms with E-state index in [2.05, 4.69) is 5.32 Å². The topological polar surface area (TPSA) is 38.3 Å². The Morgan fingerprint density at radius 1 is 1.32 bits per heavy atom. The van der Waals surface area contributed by atoms with Gasteiger partial charge in [0.05, 0.1) is 16.1 Å². The fourth-order valence-electron chi connectivity index (χ4n) is 2.03. The number of alkyl halides is 1. The van der Waals surface area contributed by atoms with E-state index in [-0.39, 0.29) is 5.91 Å². The van der Waals surface area contributed by atoms with Crippen LogP contribution in [0.3, 0.4) is 0 Å². The molecule has 0 unspecified atom stereocenters. The first kappa shape index (κ1) is 14.9. The molecule has 104 valence electrons. The summed E-state index contributed by atoms with van der Waals surface area (Å²) < 4.78 is 5.30. The maximum absolute atomic E-state index is 12.3. The van der Waals surface area contributed by atoms with E-state index in [0.29, 0.717) is 47.5 Å². The first-order valence-corrected chi connectivity index (χ1v) is 7.27. The Morgan fingerprint density at radius 3 is 2.63 bits per heavy atom. The second-order valence-electron chi connectivity index (χ2n) is 4.60. The highest BCUT2D eigenvalue weighted by Gasteiger charge is 2.34. The molecule has 19 heavy (non-hydrogen) atoms. The molecule has 0 radical (unpaired) electrons. The van der Waals surface area contributed by atoms with Crippen LogP contribution in [0, 0.1) is 0 Å². The standard InChI is InChI=1S/C13H14Cl3NO2/c14-8-13(3-5-19-6-4-13)17-12(18)10-7-9(15)1-2-11(10)16/h1-2,7H,3-6,8H2,(H,17,18). The van der Waals surface area contributed by atoms with Crippen molar-refractivity contribution in [2.75, 3.05) is 19.1 Å². The summed E-state index contributed by atoms with van der Waals surface area (Å²) in [6.45, 7) is 1.19. The van der Waals surface area contributed by atoms with E-state index in [9.17, 15) is 4.79 Å². The van der Waals surface area contributed by atoms with Crippen molar-refractivity contribution in [1.82, 2.24) is 5.32 Å². The number of benzene rings is 1. The van der Waals surface area contributed by atoms with Crippen LogP contribution in [-0.2, 0) is 4.74 Å². The summed E-state index contributed by atoms with van der Waals surface area (Å²) in [5.74, 6) is 0.0929. The zero-order valence-corrected chi connectivity index (χ0v) is 12.5. The van der Waals surface area contributed by atoms with Crippen molar-refractivity contribution in [2.45, 2.75) is 18.4 Å². The third-order valence-electron chi connectivity index (χ3n) is 3.26. The molecule has 0 aromatic heterocycles. The zero-order chi connectivity index (χ0) is 13.9. The summed E-state index contributed by atoms with van der Waals surface area (Å²) in [5.41, 5.74) is -0.0622. The Balaban J connectivity index is 2.17. The largest absolute Gasteiger partial charge is 0.381 e. The van der Waals surface area contributed by atoms with Gasteiger partial charge in [-0.05, 0) is 31.0 Å². The van der Waals surface area contributed by atoms with Crippen LogP contribution in [0.4, 0.5) is 0 Å². The van der Waals surface area contributed by atoms with Gasteiger partial charge in [-0.25, -0.2) is 0 Å². The normalized spacial score (nSPS) is 18.1. The molecule has 1 saturated heterocycles. The number of carbonyl (C=O) groups excluding carboxylic acids is 1. The van der Waals surface area contributed by atoms with Crippen LogP contribution in [0.25, 0.3) is 0 Å². The Kier molecular flexibility index (Phi) is 4.96. The van der Waals surface area contributed by atoms with Gasteiger partial charge in [-0.1, -0.05) is 23.2 Å². The molecule has 1 aromatic rings. The number of hydrogen-bond acceptors (Lipinski definition) is 2. The lowest BCUT2D eigenvalue weighted by Crippen LogP contribution is -2.53. The van der Waals surface area contributed by atoms with Crippen molar-refractivity contribution in [3.63, 3.8) is 0 Å². The Morgan fingerprint density at radius 2 is 2.00 bits per heavy atom. The smallest absolute Gasteiger partial charge is 0.253 e. The van der Waals surface area contributed by atoms with Gasteiger partial charge < -0.3 is 10.1 Å². The molecule has 1 heterocycles. The minimum absolute atomic E-state index is 0.255. The van der Waals surface area contributed by atoms with Gasteiger partial charge >= 0.3 is 0 Å². The number of rotatable bonds is 3. The van der Waals surface area contributed by atoms with Gasteiger partial charge in [0.25, 0.3) is 5.91 Å². The minimum Gasteiger partial charge on any atom is -0.381 e. The molecular formula is C13H14Cl3NO2.